The minimum Gasteiger partial charge on any atom is -0.508 e. The molecule has 1 aromatic rings. The lowest BCUT2D eigenvalue weighted by molar-refractivity contribution is 0.0411. The number of phenols is 1. The van der Waals surface area contributed by atoms with Crippen molar-refractivity contribution in [2.24, 2.45) is 0 Å². The Morgan fingerprint density at radius 2 is 1.42 bits per heavy atom. The Labute approximate surface area is 162 Å². The summed E-state index contributed by atoms with van der Waals surface area (Å²) in [6.07, 6.45) is 18.2. The highest BCUT2D eigenvalue weighted by atomic mass is 16.5. The van der Waals surface area contributed by atoms with E-state index in [4.69, 9.17) is 4.74 Å². The van der Waals surface area contributed by atoms with Crippen molar-refractivity contribution < 1.29 is 9.84 Å². The monoisotopic (exact) mass is 362 g/mol. The Morgan fingerprint density at radius 3 is 2.04 bits per heavy atom. The fraction of sp³-hybridized carbons (Fsp3) is 0.750. The summed E-state index contributed by atoms with van der Waals surface area (Å²) in [5.74, 6) is 0.423. The Bertz CT molecular complexity index is 430. The summed E-state index contributed by atoms with van der Waals surface area (Å²) < 4.78 is 6.07. The number of para-hydroxylation sites is 1. The van der Waals surface area contributed by atoms with E-state index < -0.39 is 0 Å². The average Bonchev–Trinajstić information content (AvgIpc) is 2.66. The number of unbranched alkanes of at least 4 members (excludes halogenated alkanes) is 9. The number of aryl methyl sites for hydroxylation is 1. The molecule has 0 spiro atoms. The predicted octanol–water partition coefficient (Wildman–Crippen LogP) is 7.43. The van der Waals surface area contributed by atoms with E-state index in [9.17, 15) is 5.11 Å². The van der Waals surface area contributed by atoms with Crippen LogP contribution >= 0.6 is 0 Å². The van der Waals surface area contributed by atoms with E-state index in [1.807, 2.05) is 18.2 Å². The lowest BCUT2D eigenvalue weighted by Crippen LogP contribution is -2.13. The van der Waals surface area contributed by atoms with Crippen molar-refractivity contribution >= 4 is 0 Å². The number of hydrogen-bond acceptors (Lipinski definition) is 2. The first-order valence-electron chi connectivity index (χ1n) is 11.2. The first-order chi connectivity index (χ1) is 12.8. The molecule has 0 aliphatic rings. The first kappa shape index (κ1) is 23.0. The molecule has 2 heteroatoms. The van der Waals surface area contributed by atoms with E-state index in [-0.39, 0.29) is 0 Å². The molecule has 0 aliphatic heterocycles. The molecular weight excluding hydrogens is 320 g/mol. The summed E-state index contributed by atoms with van der Waals surface area (Å²) >= 11 is 0. The molecule has 0 bridgehead atoms. The number of phenolic OH excluding ortho intramolecular Hbond substituents is 1. The quantitative estimate of drug-likeness (QED) is 0.292. The second kappa shape index (κ2) is 16.2. The van der Waals surface area contributed by atoms with Crippen molar-refractivity contribution in [3.63, 3.8) is 0 Å². The smallest absolute Gasteiger partial charge is 0.118 e. The maximum absolute atomic E-state index is 9.82. The molecule has 0 amide bonds. The minimum absolute atomic E-state index is 0.374. The zero-order valence-corrected chi connectivity index (χ0v) is 17.3. The van der Waals surface area contributed by atoms with Gasteiger partial charge in [-0.3, -0.25) is 0 Å². The summed E-state index contributed by atoms with van der Waals surface area (Å²) in [7, 11) is 0. The molecule has 26 heavy (non-hydrogen) atoms. The van der Waals surface area contributed by atoms with Crippen molar-refractivity contribution in [1.29, 1.82) is 0 Å². The first-order valence-corrected chi connectivity index (χ1v) is 11.2. The maximum atomic E-state index is 9.82. The van der Waals surface area contributed by atoms with Gasteiger partial charge in [-0.15, -0.1) is 0 Å². The minimum atomic E-state index is 0.374. The zero-order chi connectivity index (χ0) is 18.9. The molecule has 150 valence electrons. The number of ether oxygens (including phenoxy) is 1. The predicted molar refractivity (Wildman–Crippen MR) is 113 cm³/mol. The molecule has 0 saturated heterocycles. The van der Waals surface area contributed by atoms with Crippen molar-refractivity contribution in [3.05, 3.63) is 29.8 Å². The summed E-state index contributed by atoms with van der Waals surface area (Å²) in [6.45, 7) is 5.40. The van der Waals surface area contributed by atoms with Crippen molar-refractivity contribution in [2.45, 2.75) is 110 Å². The van der Waals surface area contributed by atoms with Crippen LogP contribution in [-0.2, 0) is 11.2 Å². The zero-order valence-electron chi connectivity index (χ0n) is 17.3. The molecule has 0 heterocycles. The maximum Gasteiger partial charge on any atom is 0.118 e. The van der Waals surface area contributed by atoms with Gasteiger partial charge in [-0.2, -0.15) is 0 Å². The van der Waals surface area contributed by atoms with Crippen LogP contribution in [0.25, 0.3) is 0 Å². The summed E-state index contributed by atoms with van der Waals surface area (Å²) in [5, 5.41) is 9.82. The highest BCUT2D eigenvalue weighted by molar-refractivity contribution is 5.31. The summed E-state index contributed by atoms with van der Waals surface area (Å²) in [4.78, 5) is 0. The van der Waals surface area contributed by atoms with Crippen molar-refractivity contribution in [3.8, 4) is 5.75 Å². The Hall–Kier alpha value is -1.02. The standard InChI is InChI=1S/C24H42O2/c1-3-5-6-7-8-9-10-11-12-15-21-26-23(4-2)19-16-18-22-17-13-14-20-24(22)25/h13-14,17,20,23,25H,3-12,15-16,18-19,21H2,1-2H3. The van der Waals surface area contributed by atoms with E-state index >= 15 is 0 Å². The van der Waals surface area contributed by atoms with E-state index in [2.05, 4.69) is 13.8 Å². The summed E-state index contributed by atoms with van der Waals surface area (Å²) in [5.41, 5.74) is 1.05. The molecule has 1 atom stereocenters. The van der Waals surface area contributed by atoms with Gasteiger partial charge in [0.05, 0.1) is 6.10 Å². The molecule has 0 aromatic heterocycles. The van der Waals surface area contributed by atoms with Gasteiger partial charge in [0.1, 0.15) is 5.75 Å². The largest absolute Gasteiger partial charge is 0.508 e. The van der Waals surface area contributed by atoms with Gasteiger partial charge in [-0.05, 0) is 43.7 Å². The number of aromatic hydroxyl groups is 1. The average molecular weight is 363 g/mol. The van der Waals surface area contributed by atoms with Gasteiger partial charge in [0.2, 0.25) is 0 Å². The van der Waals surface area contributed by atoms with Gasteiger partial charge in [0, 0.05) is 6.61 Å². The number of hydrogen-bond donors (Lipinski definition) is 1. The molecule has 1 aromatic carbocycles. The van der Waals surface area contributed by atoms with Gasteiger partial charge in [-0.25, -0.2) is 0 Å². The molecule has 2 nitrogen and oxygen atoms in total. The highest BCUT2D eigenvalue weighted by Crippen LogP contribution is 2.19. The van der Waals surface area contributed by atoms with E-state index in [0.717, 1.165) is 37.9 Å². The third-order valence-electron chi connectivity index (χ3n) is 5.27. The third kappa shape index (κ3) is 11.6. The van der Waals surface area contributed by atoms with Crippen LogP contribution in [0.4, 0.5) is 0 Å². The topological polar surface area (TPSA) is 29.5 Å². The molecule has 0 radical (unpaired) electrons. The lowest BCUT2D eigenvalue weighted by atomic mass is 10.0. The fourth-order valence-corrected chi connectivity index (χ4v) is 3.49. The van der Waals surface area contributed by atoms with Crippen LogP contribution in [0.1, 0.15) is 103 Å². The number of benzene rings is 1. The normalized spacial score (nSPS) is 12.4. The lowest BCUT2D eigenvalue weighted by Gasteiger charge is -2.16. The summed E-state index contributed by atoms with van der Waals surface area (Å²) in [6, 6.07) is 7.66. The van der Waals surface area contributed by atoms with Crippen molar-refractivity contribution in [2.75, 3.05) is 6.61 Å². The van der Waals surface area contributed by atoms with E-state index in [1.54, 1.807) is 6.07 Å². The molecule has 0 aliphatic carbocycles. The Balaban J connectivity index is 1.95. The highest BCUT2D eigenvalue weighted by Gasteiger charge is 2.07. The Kier molecular flexibility index (Phi) is 14.3. The van der Waals surface area contributed by atoms with E-state index in [0.29, 0.717) is 11.9 Å². The molecule has 1 N–H and O–H groups in total. The SMILES string of the molecule is CCCCCCCCCCCCOC(CC)CCCc1ccccc1O. The van der Waals surface area contributed by atoms with Gasteiger partial charge in [0.15, 0.2) is 0 Å². The van der Waals surface area contributed by atoms with Gasteiger partial charge in [0.25, 0.3) is 0 Å². The van der Waals surface area contributed by atoms with E-state index in [1.165, 1.54) is 64.2 Å². The Morgan fingerprint density at radius 1 is 0.808 bits per heavy atom. The van der Waals surface area contributed by atoms with Crippen molar-refractivity contribution in [1.82, 2.24) is 0 Å². The van der Waals surface area contributed by atoms with Gasteiger partial charge >= 0.3 is 0 Å². The van der Waals surface area contributed by atoms with Crippen LogP contribution in [0, 0.1) is 0 Å². The van der Waals surface area contributed by atoms with Gasteiger partial charge in [-0.1, -0.05) is 89.8 Å². The van der Waals surface area contributed by atoms with Crippen LogP contribution in [-0.4, -0.2) is 17.8 Å². The van der Waals surface area contributed by atoms with Crippen LogP contribution in [0.5, 0.6) is 5.75 Å². The second-order valence-corrected chi connectivity index (χ2v) is 7.60. The second-order valence-electron chi connectivity index (χ2n) is 7.60. The molecular formula is C24H42O2. The number of rotatable bonds is 17. The third-order valence-corrected chi connectivity index (χ3v) is 5.27. The molecule has 0 fully saturated rings. The van der Waals surface area contributed by atoms with Gasteiger partial charge < -0.3 is 9.84 Å². The van der Waals surface area contributed by atoms with Crippen LogP contribution in [0.3, 0.4) is 0 Å². The van der Waals surface area contributed by atoms with Crippen LogP contribution in [0.15, 0.2) is 24.3 Å². The molecule has 1 rings (SSSR count). The van der Waals surface area contributed by atoms with Crippen LogP contribution in [0.2, 0.25) is 0 Å². The van der Waals surface area contributed by atoms with Crippen LogP contribution < -0.4 is 0 Å². The molecule has 0 saturated carbocycles. The fourth-order valence-electron chi connectivity index (χ4n) is 3.49. The molecule has 1 unspecified atom stereocenters.